The number of hydrogen-bond donors (Lipinski definition) is 1. The van der Waals surface area contributed by atoms with Crippen molar-refractivity contribution in [2.45, 2.75) is 83.1 Å². The first-order valence-corrected chi connectivity index (χ1v) is 9.51. The highest BCUT2D eigenvalue weighted by molar-refractivity contribution is 5.14. The average Bonchev–Trinajstić information content (AvgIpc) is 2.43. The molecule has 5 fully saturated rings. The maximum absolute atomic E-state index is 7.23. The Hall–Kier alpha value is -0.0400. The Kier molecular flexibility index (Phi) is 3.41. The molecule has 1 heteroatoms. The van der Waals surface area contributed by atoms with Crippen molar-refractivity contribution in [2.75, 3.05) is 0 Å². The van der Waals surface area contributed by atoms with Crippen molar-refractivity contribution in [3.63, 3.8) is 0 Å². The molecule has 20 heavy (non-hydrogen) atoms. The lowest BCUT2D eigenvalue weighted by molar-refractivity contribution is -0.130. The second-order valence-corrected chi connectivity index (χ2v) is 8.73. The molecule has 0 amide bonds. The summed E-state index contributed by atoms with van der Waals surface area (Å²) in [5, 5.41) is 0. The smallest absolute Gasteiger partial charge is 0.0222 e. The van der Waals surface area contributed by atoms with Gasteiger partial charge in [0.2, 0.25) is 0 Å². The SMILES string of the molecule is CCCC1C2CC3CC(C2)C(C2CCCCC2)[C@]1(N)C3. The van der Waals surface area contributed by atoms with E-state index in [2.05, 4.69) is 6.92 Å². The van der Waals surface area contributed by atoms with Crippen LogP contribution >= 0.6 is 0 Å². The maximum atomic E-state index is 7.23. The van der Waals surface area contributed by atoms with E-state index in [1.165, 1.54) is 64.2 Å². The topological polar surface area (TPSA) is 26.0 Å². The van der Waals surface area contributed by atoms with Crippen LogP contribution in [-0.2, 0) is 0 Å². The zero-order chi connectivity index (χ0) is 13.7. The van der Waals surface area contributed by atoms with Gasteiger partial charge in [-0.2, -0.15) is 0 Å². The predicted octanol–water partition coefficient (Wildman–Crippen LogP) is 4.75. The molecule has 5 rings (SSSR count). The van der Waals surface area contributed by atoms with Gasteiger partial charge in [-0.15, -0.1) is 0 Å². The van der Waals surface area contributed by atoms with Crippen molar-refractivity contribution < 1.29 is 0 Å². The Labute approximate surface area is 125 Å². The van der Waals surface area contributed by atoms with E-state index >= 15 is 0 Å². The lowest BCUT2D eigenvalue weighted by Gasteiger charge is -2.66. The summed E-state index contributed by atoms with van der Waals surface area (Å²) < 4.78 is 0. The normalized spacial score (nSPS) is 51.6. The summed E-state index contributed by atoms with van der Waals surface area (Å²) >= 11 is 0. The molecule has 0 saturated heterocycles. The van der Waals surface area contributed by atoms with Crippen LogP contribution in [0.25, 0.3) is 0 Å². The lowest BCUT2D eigenvalue weighted by atomic mass is 9.41. The van der Waals surface area contributed by atoms with Gasteiger partial charge in [0, 0.05) is 5.54 Å². The molecule has 2 N–H and O–H groups in total. The van der Waals surface area contributed by atoms with Crippen LogP contribution in [0.15, 0.2) is 0 Å². The fraction of sp³-hybridized carbons (Fsp3) is 1.00. The van der Waals surface area contributed by atoms with Crippen LogP contribution in [0.2, 0.25) is 0 Å². The summed E-state index contributed by atoms with van der Waals surface area (Å²) in [6, 6.07) is 0. The highest BCUT2D eigenvalue weighted by Gasteiger charge is 2.61. The van der Waals surface area contributed by atoms with E-state index in [4.69, 9.17) is 5.73 Å². The van der Waals surface area contributed by atoms with Crippen LogP contribution in [0.3, 0.4) is 0 Å². The van der Waals surface area contributed by atoms with Gasteiger partial charge in [-0.3, -0.25) is 0 Å². The van der Waals surface area contributed by atoms with Gasteiger partial charge in [-0.25, -0.2) is 0 Å². The Morgan fingerprint density at radius 1 is 0.950 bits per heavy atom. The van der Waals surface area contributed by atoms with Crippen molar-refractivity contribution in [2.24, 2.45) is 41.2 Å². The Bertz CT molecular complexity index is 357. The maximum Gasteiger partial charge on any atom is 0.0222 e. The first kappa shape index (κ1) is 13.6. The van der Waals surface area contributed by atoms with Gasteiger partial charge in [0.15, 0.2) is 0 Å². The second kappa shape index (κ2) is 5.00. The molecule has 0 aliphatic heterocycles. The molecule has 0 aromatic rings. The number of rotatable bonds is 3. The van der Waals surface area contributed by atoms with E-state index in [0.29, 0.717) is 0 Å². The summed E-state index contributed by atoms with van der Waals surface area (Å²) in [5.74, 6) is 5.75. The van der Waals surface area contributed by atoms with Gasteiger partial charge in [0.05, 0.1) is 0 Å². The first-order valence-electron chi connectivity index (χ1n) is 9.51. The third-order valence-corrected chi connectivity index (χ3v) is 7.67. The summed E-state index contributed by atoms with van der Waals surface area (Å²) in [6.07, 6.45) is 16.2. The van der Waals surface area contributed by atoms with Gasteiger partial charge in [0.1, 0.15) is 0 Å². The fourth-order valence-corrected chi connectivity index (χ4v) is 7.37. The largest absolute Gasteiger partial charge is 0.325 e. The number of hydrogen-bond acceptors (Lipinski definition) is 1. The molecule has 6 atom stereocenters. The molecule has 1 nitrogen and oxygen atoms in total. The second-order valence-electron chi connectivity index (χ2n) is 8.73. The Morgan fingerprint density at radius 2 is 1.70 bits per heavy atom. The van der Waals surface area contributed by atoms with E-state index < -0.39 is 0 Å². The molecule has 0 heterocycles. The van der Waals surface area contributed by atoms with Crippen LogP contribution in [-0.4, -0.2) is 5.54 Å². The molecule has 0 radical (unpaired) electrons. The third kappa shape index (κ3) is 1.91. The van der Waals surface area contributed by atoms with Gasteiger partial charge in [0.25, 0.3) is 0 Å². The highest BCUT2D eigenvalue weighted by Crippen LogP contribution is 2.63. The minimum atomic E-state index is 0.243. The van der Waals surface area contributed by atoms with E-state index in [1.54, 1.807) is 6.42 Å². The van der Waals surface area contributed by atoms with Crippen LogP contribution in [0.1, 0.15) is 77.6 Å². The quantitative estimate of drug-likeness (QED) is 0.790. The van der Waals surface area contributed by atoms with Crippen LogP contribution in [0.5, 0.6) is 0 Å². The predicted molar refractivity (Wildman–Crippen MR) is 84.3 cm³/mol. The van der Waals surface area contributed by atoms with E-state index in [0.717, 1.165) is 35.5 Å². The summed E-state index contributed by atoms with van der Waals surface area (Å²) in [7, 11) is 0. The molecule has 0 aromatic heterocycles. The standard InChI is InChI=1S/C19H33N/c1-2-6-17-15-9-13-10-16(11-15)18(19(17,20)12-13)14-7-4-3-5-8-14/h13-18H,2-12,20H2,1H3/t13?,15?,16?,17?,18?,19-/m0/s1. The van der Waals surface area contributed by atoms with Crippen LogP contribution in [0.4, 0.5) is 0 Å². The highest BCUT2D eigenvalue weighted by atomic mass is 14.9. The minimum Gasteiger partial charge on any atom is -0.325 e. The lowest BCUT2D eigenvalue weighted by Crippen LogP contribution is -2.69. The molecule has 0 aromatic carbocycles. The fourth-order valence-electron chi connectivity index (χ4n) is 7.37. The minimum absolute atomic E-state index is 0.243. The Morgan fingerprint density at radius 3 is 2.45 bits per heavy atom. The molecular weight excluding hydrogens is 242 g/mol. The molecule has 5 aliphatic rings. The number of nitrogens with two attached hydrogens (primary N) is 1. The average molecular weight is 275 g/mol. The van der Waals surface area contributed by atoms with Gasteiger partial charge < -0.3 is 5.73 Å². The molecule has 114 valence electrons. The van der Waals surface area contributed by atoms with Crippen molar-refractivity contribution >= 4 is 0 Å². The summed E-state index contributed by atoms with van der Waals surface area (Å²) in [5.41, 5.74) is 7.47. The molecule has 0 spiro atoms. The first-order chi connectivity index (χ1) is 9.72. The van der Waals surface area contributed by atoms with E-state index in [1.807, 2.05) is 0 Å². The van der Waals surface area contributed by atoms with Crippen LogP contribution in [0, 0.1) is 35.5 Å². The van der Waals surface area contributed by atoms with Crippen LogP contribution < -0.4 is 5.73 Å². The monoisotopic (exact) mass is 275 g/mol. The zero-order valence-corrected chi connectivity index (χ0v) is 13.3. The molecular formula is C19H33N. The van der Waals surface area contributed by atoms with Crippen molar-refractivity contribution in [1.29, 1.82) is 0 Å². The summed E-state index contributed by atoms with van der Waals surface area (Å²) in [4.78, 5) is 0. The molecule has 5 aliphatic carbocycles. The van der Waals surface area contributed by atoms with E-state index in [9.17, 15) is 0 Å². The van der Waals surface area contributed by atoms with Crippen molar-refractivity contribution in [3.05, 3.63) is 0 Å². The van der Waals surface area contributed by atoms with Gasteiger partial charge in [-0.05, 0) is 67.6 Å². The summed E-state index contributed by atoms with van der Waals surface area (Å²) in [6.45, 7) is 2.37. The molecule has 4 bridgehead atoms. The third-order valence-electron chi connectivity index (χ3n) is 7.67. The van der Waals surface area contributed by atoms with Gasteiger partial charge >= 0.3 is 0 Å². The van der Waals surface area contributed by atoms with Crippen molar-refractivity contribution in [1.82, 2.24) is 0 Å². The van der Waals surface area contributed by atoms with Gasteiger partial charge in [-0.1, -0.05) is 45.4 Å². The molecule has 5 saturated carbocycles. The Balaban J connectivity index is 1.64. The molecule has 5 unspecified atom stereocenters. The van der Waals surface area contributed by atoms with Crippen molar-refractivity contribution in [3.8, 4) is 0 Å². The van der Waals surface area contributed by atoms with E-state index in [-0.39, 0.29) is 5.54 Å². The zero-order valence-electron chi connectivity index (χ0n) is 13.3.